The van der Waals surface area contributed by atoms with Gasteiger partial charge in [-0.25, -0.2) is 4.39 Å². The van der Waals surface area contributed by atoms with Crippen LogP contribution in [0.15, 0.2) is 47.0 Å². The van der Waals surface area contributed by atoms with E-state index in [0.717, 1.165) is 22.9 Å². The van der Waals surface area contributed by atoms with Crippen LogP contribution in [0.3, 0.4) is 0 Å². The highest BCUT2D eigenvalue weighted by Crippen LogP contribution is 2.30. The van der Waals surface area contributed by atoms with Crippen molar-refractivity contribution < 1.29 is 23.2 Å². The zero-order chi connectivity index (χ0) is 21.7. The Morgan fingerprint density at radius 2 is 2.03 bits per heavy atom. The third kappa shape index (κ3) is 5.18. The average Bonchev–Trinajstić information content (AvgIpc) is 3.05. The van der Waals surface area contributed by atoms with Gasteiger partial charge in [0.25, 0.3) is 0 Å². The molecule has 0 radical (unpaired) electrons. The lowest BCUT2D eigenvalue weighted by atomic mass is 10.1. The molecule has 2 aromatic carbocycles. The Balaban J connectivity index is 1.66. The van der Waals surface area contributed by atoms with E-state index in [1.807, 2.05) is 13.8 Å². The van der Waals surface area contributed by atoms with E-state index in [-0.39, 0.29) is 5.02 Å². The molecule has 0 aliphatic carbocycles. The van der Waals surface area contributed by atoms with Crippen LogP contribution in [-0.4, -0.2) is 18.2 Å². The minimum Gasteiger partial charge on any atom is -0.493 e. The summed E-state index contributed by atoms with van der Waals surface area (Å²) in [6.07, 6.45) is 2.95. The lowest BCUT2D eigenvalue weighted by Gasteiger charge is -2.11. The highest BCUT2D eigenvalue weighted by Gasteiger charge is 2.12. The monoisotopic (exact) mass is 430 g/mol. The van der Waals surface area contributed by atoms with Gasteiger partial charge < -0.3 is 19.3 Å². The van der Waals surface area contributed by atoms with Crippen LogP contribution in [-0.2, 0) is 11.4 Å². The van der Waals surface area contributed by atoms with Crippen molar-refractivity contribution >= 4 is 29.3 Å². The third-order valence-corrected chi connectivity index (χ3v) is 4.66. The summed E-state index contributed by atoms with van der Waals surface area (Å²) in [7, 11) is 1.54. The van der Waals surface area contributed by atoms with Crippen LogP contribution in [0.1, 0.15) is 22.6 Å². The molecule has 30 heavy (non-hydrogen) atoms. The van der Waals surface area contributed by atoms with Gasteiger partial charge >= 0.3 is 0 Å². The van der Waals surface area contributed by atoms with Crippen LogP contribution in [0, 0.1) is 19.7 Å². The fourth-order valence-electron chi connectivity index (χ4n) is 2.69. The fraction of sp³-hybridized carbons (Fsp3) is 0.182. The van der Waals surface area contributed by atoms with Crippen molar-refractivity contribution in [1.82, 2.24) is 5.16 Å². The summed E-state index contributed by atoms with van der Waals surface area (Å²) in [5.41, 5.74) is 2.70. The Bertz CT molecular complexity index is 1080. The smallest absolute Gasteiger partial charge is 0.248 e. The van der Waals surface area contributed by atoms with Gasteiger partial charge in [-0.15, -0.1) is 0 Å². The number of aryl methyl sites for hydroxylation is 2. The summed E-state index contributed by atoms with van der Waals surface area (Å²) in [6.45, 7) is 3.98. The lowest BCUT2D eigenvalue weighted by molar-refractivity contribution is -0.111. The highest BCUT2D eigenvalue weighted by molar-refractivity contribution is 6.30. The molecule has 1 heterocycles. The van der Waals surface area contributed by atoms with Gasteiger partial charge in [-0.3, -0.25) is 4.79 Å². The van der Waals surface area contributed by atoms with Crippen molar-refractivity contribution in [2.45, 2.75) is 20.5 Å². The number of nitrogens with zero attached hydrogens (tertiary/aromatic N) is 1. The molecule has 0 fully saturated rings. The first kappa shape index (κ1) is 21.4. The largest absolute Gasteiger partial charge is 0.493 e. The zero-order valence-corrected chi connectivity index (χ0v) is 17.4. The number of halogens is 2. The number of amides is 1. The van der Waals surface area contributed by atoms with Crippen molar-refractivity contribution in [3.63, 3.8) is 0 Å². The topological polar surface area (TPSA) is 73.6 Å². The Labute approximate surface area is 178 Å². The number of carbonyl (C=O) groups is 1. The van der Waals surface area contributed by atoms with Crippen molar-refractivity contribution in [3.05, 3.63) is 75.9 Å². The van der Waals surface area contributed by atoms with Gasteiger partial charge in [-0.05, 0) is 55.8 Å². The number of aromatic nitrogens is 1. The lowest BCUT2D eigenvalue weighted by Crippen LogP contribution is -2.07. The molecule has 3 aromatic rings. The Hall–Kier alpha value is -3.32. The maximum atomic E-state index is 13.5. The zero-order valence-electron chi connectivity index (χ0n) is 16.7. The van der Waals surface area contributed by atoms with E-state index < -0.39 is 11.7 Å². The van der Waals surface area contributed by atoms with E-state index in [0.29, 0.717) is 29.6 Å². The molecule has 1 N–H and O–H groups in total. The predicted molar refractivity (Wildman–Crippen MR) is 112 cm³/mol. The minimum atomic E-state index is -0.602. The molecule has 1 aromatic heterocycles. The molecule has 0 saturated heterocycles. The Kier molecular flexibility index (Phi) is 6.74. The number of methoxy groups -OCH3 is 1. The van der Waals surface area contributed by atoms with Gasteiger partial charge in [0.15, 0.2) is 11.5 Å². The normalized spacial score (nSPS) is 11.0. The average molecular weight is 431 g/mol. The number of hydrogen-bond donors (Lipinski definition) is 1. The maximum Gasteiger partial charge on any atom is 0.248 e. The van der Waals surface area contributed by atoms with Crippen LogP contribution in [0.25, 0.3) is 6.08 Å². The predicted octanol–water partition coefficient (Wildman–Crippen LogP) is 5.32. The van der Waals surface area contributed by atoms with Crippen LogP contribution in [0.5, 0.6) is 11.5 Å². The molecule has 0 bridgehead atoms. The molecule has 0 aliphatic heterocycles. The number of hydrogen-bond acceptors (Lipinski definition) is 5. The quantitative estimate of drug-likeness (QED) is 0.513. The van der Waals surface area contributed by atoms with Gasteiger partial charge in [0, 0.05) is 11.8 Å². The van der Waals surface area contributed by atoms with Crippen LogP contribution < -0.4 is 14.8 Å². The van der Waals surface area contributed by atoms with Crippen molar-refractivity contribution in [3.8, 4) is 11.5 Å². The Morgan fingerprint density at radius 1 is 1.23 bits per heavy atom. The number of rotatable bonds is 7. The van der Waals surface area contributed by atoms with E-state index >= 15 is 0 Å². The molecule has 6 nitrogen and oxygen atoms in total. The molecule has 0 aliphatic rings. The number of anilines is 1. The van der Waals surface area contributed by atoms with Crippen LogP contribution >= 0.6 is 11.6 Å². The van der Waals surface area contributed by atoms with Gasteiger partial charge in [0.1, 0.15) is 18.2 Å². The summed E-state index contributed by atoms with van der Waals surface area (Å²) in [5.74, 6) is 0.766. The summed E-state index contributed by atoms with van der Waals surface area (Å²) < 4.78 is 29.8. The van der Waals surface area contributed by atoms with Gasteiger partial charge in [-0.2, -0.15) is 0 Å². The SMILES string of the molecule is COc1cc(/C=C/C(=O)Nc2ccc(Cl)c(F)c2)ccc1OCc1c(C)noc1C. The van der Waals surface area contributed by atoms with Gasteiger partial charge in [-0.1, -0.05) is 22.8 Å². The minimum absolute atomic E-state index is 0.00713. The second-order valence-corrected chi connectivity index (χ2v) is 6.86. The molecular weight excluding hydrogens is 411 g/mol. The van der Waals surface area contributed by atoms with Crippen molar-refractivity contribution in [1.29, 1.82) is 0 Å². The summed E-state index contributed by atoms with van der Waals surface area (Å²) in [4.78, 5) is 12.1. The third-order valence-electron chi connectivity index (χ3n) is 4.36. The number of ether oxygens (including phenoxy) is 2. The first-order chi connectivity index (χ1) is 14.4. The molecular formula is C22H20ClFN2O4. The molecule has 3 rings (SSSR count). The Morgan fingerprint density at radius 3 is 2.70 bits per heavy atom. The molecule has 0 saturated carbocycles. The second-order valence-electron chi connectivity index (χ2n) is 6.45. The van der Waals surface area contributed by atoms with Gasteiger partial charge in [0.05, 0.1) is 23.4 Å². The van der Waals surface area contributed by atoms with E-state index in [9.17, 15) is 9.18 Å². The number of carbonyl (C=O) groups excluding carboxylic acids is 1. The van der Waals surface area contributed by atoms with Gasteiger partial charge in [0.2, 0.25) is 5.91 Å². The van der Waals surface area contributed by atoms with E-state index in [2.05, 4.69) is 10.5 Å². The van der Waals surface area contributed by atoms with Crippen molar-refractivity contribution in [2.24, 2.45) is 0 Å². The van der Waals surface area contributed by atoms with Crippen molar-refractivity contribution in [2.75, 3.05) is 12.4 Å². The maximum absolute atomic E-state index is 13.5. The standard InChI is InChI=1S/C22H20ClFN2O4/c1-13-17(14(2)30-26-13)12-29-20-8-4-15(10-21(20)28-3)5-9-22(27)25-16-6-7-18(23)19(24)11-16/h4-11H,12H2,1-3H3,(H,25,27)/b9-5+. The fourth-order valence-corrected chi connectivity index (χ4v) is 2.81. The molecule has 0 atom stereocenters. The van der Waals surface area contributed by atoms with E-state index in [1.54, 1.807) is 24.3 Å². The summed E-state index contributed by atoms with van der Waals surface area (Å²) in [6, 6.07) is 9.34. The summed E-state index contributed by atoms with van der Waals surface area (Å²) in [5, 5.41) is 6.47. The first-order valence-electron chi connectivity index (χ1n) is 9.04. The first-order valence-corrected chi connectivity index (χ1v) is 9.42. The highest BCUT2D eigenvalue weighted by atomic mass is 35.5. The molecule has 156 valence electrons. The van der Waals surface area contributed by atoms with Crippen LogP contribution in [0.2, 0.25) is 5.02 Å². The molecule has 0 spiro atoms. The molecule has 0 unspecified atom stereocenters. The van der Waals surface area contributed by atoms with E-state index in [4.69, 9.17) is 25.6 Å². The number of nitrogens with one attached hydrogen (secondary N) is 1. The van der Waals surface area contributed by atoms with E-state index in [1.165, 1.54) is 25.3 Å². The second kappa shape index (κ2) is 9.45. The summed E-state index contributed by atoms with van der Waals surface area (Å²) >= 11 is 5.63. The number of benzene rings is 2. The molecule has 8 heteroatoms. The van der Waals surface area contributed by atoms with Crippen LogP contribution in [0.4, 0.5) is 10.1 Å². The molecule has 1 amide bonds.